The Kier molecular flexibility index (Phi) is 13.7. The molecule has 5 rings (SSSR count). The summed E-state index contributed by atoms with van der Waals surface area (Å²) in [6.45, 7) is 1.93. The molecule has 0 fully saturated rings. The molecule has 1 atom stereocenters. The van der Waals surface area contributed by atoms with E-state index in [0.29, 0.717) is 6.07 Å². The van der Waals surface area contributed by atoms with Crippen molar-refractivity contribution >= 4 is 87.2 Å². The van der Waals surface area contributed by atoms with Crippen LogP contribution in [0, 0.1) is 6.92 Å². The molecule has 0 aliphatic carbocycles. The van der Waals surface area contributed by atoms with Gasteiger partial charge in [-0.2, -0.15) is 45.7 Å². The predicted molar refractivity (Wildman–Crippen MR) is 216 cm³/mol. The Labute approximate surface area is 347 Å². The van der Waals surface area contributed by atoms with E-state index in [1.165, 1.54) is 80.8 Å². The molecule has 24 heteroatoms. The zero-order valence-electron chi connectivity index (χ0n) is 31.9. The van der Waals surface area contributed by atoms with Gasteiger partial charge in [0.25, 0.3) is 42.2 Å². The molecule has 0 saturated heterocycles. The number of hydrogen-bond acceptors (Lipinski definition) is 16. The number of hydrogen-bond donors (Lipinski definition) is 6. The molecule has 0 aliphatic rings. The Balaban J connectivity index is 1.31. The molecule has 0 aliphatic heterocycles. The molecule has 0 heterocycles. The first-order valence-electron chi connectivity index (χ1n) is 17.2. The van der Waals surface area contributed by atoms with Crippen molar-refractivity contribution in [2.24, 2.45) is 20.5 Å². The zero-order chi connectivity index (χ0) is 44.9. The van der Waals surface area contributed by atoms with E-state index in [4.69, 9.17) is 9.47 Å². The second-order valence-corrected chi connectivity index (χ2v) is 16.9. The maximum absolute atomic E-state index is 13.2. The van der Waals surface area contributed by atoms with Crippen LogP contribution in [-0.2, 0) is 39.9 Å². The van der Waals surface area contributed by atoms with E-state index >= 15 is 0 Å². The number of rotatable bonds is 16. The molecule has 0 radical (unpaired) electrons. The van der Waals surface area contributed by atoms with Crippen LogP contribution in [0.2, 0.25) is 0 Å². The number of nitrogens with zero attached hydrogens (tertiary/aromatic N) is 4. The lowest BCUT2D eigenvalue weighted by Crippen LogP contribution is -2.32. The van der Waals surface area contributed by atoms with Crippen LogP contribution < -0.4 is 20.1 Å². The Hall–Kier alpha value is -6.54. The van der Waals surface area contributed by atoms with E-state index in [0.717, 1.165) is 19.1 Å². The first kappa shape index (κ1) is 45.5. The molecule has 1 unspecified atom stereocenters. The van der Waals surface area contributed by atoms with Gasteiger partial charge in [-0.25, -0.2) is 0 Å². The van der Waals surface area contributed by atoms with Gasteiger partial charge in [-0.1, -0.05) is 6.07 Å². The summed E-state index contributed by atoms with van der Waals surface area (Å²) >= 11 is 0. The van der Waals surface area contributed by atoms with E-state index < -0.39 is 68.7 Å². The van der Waals surface area contributed by atoms with E-state index in [1.54, 1.807) is 0 Å². The van der Waals surface area contributed by atoms with Crippen molar-refractivity contribution in [3.05, 3.63) is 96.1 Å². The van der Waals surface area contributed by atoms with Crippen molar-refractivity contribution in [3.8, 4) is 11.5 Å². The molecule has 5 aromatic carbocycles. The Morgan fingerprint density at radius 2 is 1.31 bits per heavy atom. The van der Waals surface area contributed by atoms with Crippen LogP contribution in [0.25, 0.3) is 10.8 Å². The summed E-state index contributed by atoms with van der Waals surface area (Å²) in [5, 5.41) is 30.4. The number of carbonyl (C=O) groups is 3. The van der Waals surface area contributed by atoms with Crippen molar-refractivity contribution in [1.82, 2.24) is 0 Å². The Morgan fingerprint density at radius 3 is 1.90 bits per heavy atom. The SMILES string of the molecule is COc1cc(S(=O)(=O)O)c(C)cc1NC(=O)C(N=Nc1ccc(C(=O)Nc2ccc(N=Nc3ccc4cc(S(=O)(=O)O)cc(S(=O)(=O)O)c4c3)cc2OCCO)cc1)C(C)=O. The molecular weight excluding hydrogens is 865 g/mol. The molecule has 2 amide bonds. The second kappa shape index (κ2) is 18.4. The number of aliphatic hydroxyl groups excluding tert-OH is 1. The monoisotopic (exact) mass is 898 g/mol. The van der Waals surface area contributed by atoms with Gasteiger partial charge in [-0.05, 0) is 91.5 Å². The first-order chi connectivity index (χ1) is 28.6. The number of ether oxygens (including phenoxy) is 2. The van der Waals surface area contributed by atoms with Gasteiger partial charge in [0.15, 0.2) is 5.78 Å². The molecular formula is C37H34N6O15S3. The number of methoxy groups -OCH3 is 1. The summed E-state index contributed by atoms with van der Waals surface area (Å²) in [6.07, 6.45) is 0. The summed E-state index contributed by atoms with van der Waals surface area (Å²) < 4.78 is 110. The largest absolute Gasteiger partial charge is 0.495 e. The van der Waals surface area contributed by atoms with Crippen LogP contribution in [-0.4, -0.2) is 88.0 Å². The number of aliphatic hydroxyl groups is 1. The quantitative estimate of drug-likeness (QED) is 0.0398. The molecule has 0 aromatic heterocycles. The minimum Gasteiger partial charge on any atom is -0.495 e. The Morgan fingerprint density at radius 1 is 0.689 bits per heavy atom. The maximum atomic E-state index is 13.2. The number of Topliss-reactive ketones (excluding diaryl/α,β-unsaturated/α-hetero) is 1. The van der Waals surface area contributed by atoms with Crippen molar-refractivity contribution in [2.45, 2.75) is 34.6 Å². The highest BCUT2D eigenvalue weighted by Crippen LogP contribution is 2.34. The summed E-state index contributed by atoms with van der Waals surface area (Å²) in [5.74, 6) is -2.25. The van der Waals surface area contributed by atoms with Crippen molar-refractivity contribution in [2.75, 3.05) is 31.0 Å². The summed E-state index contributed by atoms with van der Waals surface area (Å²) in [4.78, 5) is 36.6. The van der Waals surface area contributed by atoms with Gasteiger partial charge < -0.3 is 25.2 Å². The smallest absolute Gasteiger partial charge is 0.295 e. The minimum absolute atomic E-state index is 0.00119. The van der Waals surface area contributed by atoms with Crippen molar-refractivity contribution in [3.63, 3.8) is 0 Å². The zero-order valence-corrected chi connectivity index (χ0v) is 34.3. The summed E-state index contributed by atoms with van der Waals surface area (Å²) in [5.41, 5.74) is 0.804. The summed E-state index contributed by atoms with van der Waals surface area (Å²) in [7, 11) is -13.1. The molecule has 0 bridgehead atoms. The van der Waals surface area contributed by atoms with E-state index in [-0.39, 0.29) is 75.0 Å². The number of azo groups is 2. The number of benzene rings is 5. The topological polar surface area (TPSA) is 327 Å². The second-order valence-electron chi connectivity index (χ2n) is 12.7. The minimum atomic E-state index is -4.95. The van der Waals surface area contributed by atoms with E-state index in [1.807, 2.05) is 0 Å². The van der Waals surface area contributed by atoms with Gasteiger partial charge in [0.1, 0.15) is 27.9 Å². The van der Waals surface area contributed by atoms with Crippen LogP contribution in [0.3, 0.4) is 0 Å². The van der Waals surface area contributed by atoms with Gasteiger partial charge >= 0.3 is 0 Å². The summed E-state index contributed by atoms with van der Waals surface area (Å²) in [6, 6.07) is 15.9. The van der Waals surface area contributed by atoms with Gasteiger partial charge in [-0.3, -0.25) is 28.0 Å². The average Bonchev–Trinajstić information content (AvgIpc) is 3.18. The van der Waals surface area contributed by atoms with E-state index in [2.05, 4.69) is 31.1 Å². The number of fused-ring (bicyclic) bond motifs is 1. The molecule has 61 heavy (non-hydrogen) atoms. The lowest BCUT2D eigenvalue weighted by atomic mass is 10.1. The normalized spacial score (nSPS) is 12.7. The Bertz CT molecular complexity index is 2960. The lowest BCUT2D eigenvalue weighted by Gasteiger charge is -2.15. The van der Waals surface area contributed by atoms with Crippen LogP contribution in [0.4, 0.5) is 28.4 Å². The van der Waals surface area contributed by atoms with Crippen LogP contribution in [0.5, 0.6) is 11.5 Å². The fourth-order valence-electron chi connectivity index (χ4n) is 5.51. The molecule has 0 spiro atoms. The third-order valence-corrected chi connectivity index (χ3v) is 11.1. The van der Waals surface area contributed by atoms with Crippen LogP contribution in [0.15, 0.2) is 120 Å². The molecule has 5 aromatic rings. The molecule has 0 saturated carbocycles. The van der Waals surface area contributed by atoms with Gasteiger partial charge in [0, 0.05) is 23.1 Å². The van der Waals surface area contributed by atoms with Gasteiger partial charge in [-0.15, -0.1) is 0 Å². The highest BCUT2D eigenvalue weighted by Gasteiger charge is 2.26. The van der Waals surface area contributed by atoms with E-state index in [9.17, 15) is 58.4 Å². The van der Waals surface area contributed by atoms with Crippen molar-refractivity contribution in [1.29, 1.82) is 0 Å². The van der Waals surface area contributed by atoms with Crippen LogP contribution >= 0.6 is 0 Å². The third kappa shape index (κ3) is 11.4. The highest BCUT2D eigenvalue weighted by molar-refractivity contribution is 7.87. The fraction of sp³-hybridized carbons (Fsp3) is 0.162. The third-order valence-electron chi connectivity index (χ3n) is 8.38. The van der Waals surface area contributed by atoms with Crippen molar-refractivity contribution < 1.29 is 67.9 Å². The maximum Gasteiger partial charge on any atom is 0.295 e. The van der Waals surface area contributed by atoms with Gasteiger partial charge in [0.2, 0.25) is 6.04 Å². The number of aryl methyl sites for hydroxylation is 1. The standard InChI is InChI=1S/C37H34N6O15S3/c1-20-14-30(31(57-3)19-33(20)60(51,52)53)39-37(47)35(21(2)45)43-40-24-7-4-22(5-8-24)36(46)38-29-11-10-26(17-32(29)58-13-12-44)42-41-25-9-6-23-15-27(59(48,49)50)18-34(28(23)16-25)61(54,55)56/h4-11,14-19,35,44H,12-13H2,1-3H3,(H,38,46)(H,39,47)(H,48,49,50)(H,51,52,53)(H,54,55,56). The molecule has 320 valence electrons. The van der Waals surface area contributed by atoms with Crippen LogP contribution in [0.1, 0.15) is 22.8 Å². The molecule has 21 nitrogen and oxygen atoms in total. The molecule has 6 N–H and O–H groups in total. The predicted octanol–water partition coefficient (Wildman–Crippen LogP) is 5.62. The first-order valence-corrected chi connectivity index (χ1v) is 21.5. The lowest BCUT2D eigenvalue weighted by molar-refractivity contribution is -0.126. The number of ketones is 1. The number of amides is 2. The number of nitrogens with one attached hydrogen (secondary N) is 2. The number of anilines is 2. The van der Waals surface area contributed by atoms with Gasteiger partial charge in [0.05, 0.1) is 47.0 Å². The fourth-order valence-corrected chi connectivity index (χ4v) is 7.58. The average molecular weight is 899 g/mol. The highest BCUT2D eigenvalue weighted by atomic mass is 32.2. The number of carbonyl (C=O) groups excluding carboxylic acids is 3.